The maximum atomic E-state index is 12.4. The number of nitrogens with one attached hydrogen (secondary N) is 1. The molecule has 6 heteroatoms. The fourth-order valence-electron chi connectivity index (χ4n) is 2.92. The molecular weight excluding hydrogens is 376 g/mol. The molecule has 4 nitrogen and oxygen atoms in total. The monoisotopic (exact) mass is 394 g/mol. The molecular formula is C17H19BrN2O2S. The van der Waals surface area contributed by atoms with Crippen molar-refractivity contribution in [1.82, 2.24) is 10.2 Å². The number of hydrogen-bond acceptors (Lipinski definition) is 4. The van der Waals surface area contributed by atoms with Crippen LogP contribution in [0.3, 0.4) is 0 Å². The normalized spacial score (nSPS) is 16.4. The van der Waals surface area contributed by atoms with Crippen LogP contribution in [0.25, 0.3) is 0 Å². The van der Waals surface area contributed by atoms with E-state index in [0.717, 1.165) is 17.6 Å². The highest BCUT2D eigenvalue weighted by Crippen LogP contribution is 2.28. The number of likely N-dealkylation sites (tertiary alicyclic amines) is 1. The smallest absolute Gasteiger partial charge is 0.255 e. The molecule has 1 fully saturated rings. The van der Waals surface area contributed by atoms with Crippen LogP contribution >= 0.6 is 27.3 Å². The number of halogens is 1. The number of benzene rings is 1. The van der Waals surface area contributed by atoms with Crippen LogP contribution in [0.5, 0.6) is 5.75 Å². The fourth-order valence-corrected chi connectivity index (χ4v) is 4.14. The molecule has 1 atom stereocenters. The molecule has 1 saturated heterocycles. The van der Waals surface area contributed by atoms with E-state index in [1.807, 2.05) is 6.07 Å². The van der Waals surface area contributed by atoms with E-state index < -0.39 is 0 Å². The van der Waals surface area contributed by atoms with E-state index in [1.54, 1.807) is 23.5 Å². The number of aromatic hydroxyl groups is 1. The van der Waals surface area contributed by atoms with Gasteiger partial charge >= 0.3 is 0 Å². The highest BCUT2D eigenvalue weighted by molar-refractivity contribution is 9.10. The van der Waals surface area contributed by atoms with Gasteiger partial charge in [-0.05, 0) is 55.6 Å². The van der Waals surface area contributed by atoms with Gasteiger partial charge in [-0.2, -0.15) is 0 Å². The highest BCUT2D eigenvalue weighted by Gasteiger charge is 2.25. The van der Waals surface area contributed by atoms with Crippen LogP contribution in [0.2, 0.25) is 0 Å². The third-order valence-corrected chi connectivity index (χ3v) is 5.58. The molecule has 1 aliphatic heterocycles. The molecule has 3 rings (SSSR count). The van der Waals surface area contributed by atoms with Crippen LogP contribution in [0.4, 0.5) is 0 Å². The average Bonchev–Trinajstić information content (AvgIpc) is 3.23. The zero-order valence-corrected chi connectivity index (χ0v) is 15.1. The van der Waals surface area contributed by atoms with Gasteiger partial charge in [0.1, 0.15) is 5.75 Å². The van der Waals surface area contributed by atoms with Crippen LogP contribution in [-0.2, 0) is 0 Å². The van der Waals surface area contributed by atoms with Crippen LogP contribution in [-0.4, -0.2) is 35.5 Å². The molecule has 2 heterocycles. The minimum Gasteiger partial charge on any atom is -0.507 e. The topological polar surface area (TPSA) is 52.6 Å². The van der Waals surface area contributed by atoms with E-state index >= 15 is 0 Å². The number of nitrogens with zero attached hydrogens (tertiary/aromatic N) is 1. The number of rotatable bonds is 5. The van der Waals surface area contributed by atoms with Gasteiger partial charge in [-0.15, -0.1) is 11.3 Å². The van der Waals surface area contributed by atoms with Crippen molar-refractivity contribution in [3.63, 3.8) is 0 Å². The number of carbonyl (C=O) groups is 1. The Labute approximate surface area is 148 Å². The molecule has 1 aromatic heterocycles. The van der Waals surface area contributed by atoms with Gasteiger partial charge in [0.15, 0.2) is 0 Å². The van der Waals surface area contributed by atoms with Gasteiger partial charge in [0.05, 0.1) is 11.6 Å². The average molecular weight is 395 g/mol. The first-order valence-electron chi connectivity index (χ1n) is 7.69. The molecule has 0 bridgehead atoms. The van der Waals surface area contributed by atoms with Crippen molar-refractivity contribution in [1.29, 1.82) is 0 Å². The van der Waals surface area contributed by atoms with Crippen LogP contribution in [0.15, 0.2) is 40.2 Å². The molecule has 122 valence electrons. The molecule has 23 heavy (non-hydrogen) atoms. The standard InChI is InChI=1S/C17H19BrN2O2S/c18-12-5-6-15(21)13(10-12)17(22)19-11-14(16-4-3-9-23-16)20-7-1-2-8-20/h3-6,9-10,14,21H,1-2,7-8,11H2,(H,19,22). The highest BCUT2D eigenvalue weighted by atomic mass is 79.9. The first kappa shape index (κ1) is 16.5. The third-order valence-electron chi connectivity index (χ3n) is 4.11. The summed E-state index contributed by atoms with van der Waals surface area (Å²) in [5, 5.41) is 14.9. The van der Waals surface area contributed by atoms with E-state index in [0.29, 0.717) is 12.1 Å². The Balaban J connectivity index is 1.71. The predicted octanol–water partition coefficient (Wildman–Crippen LogP) is 3.78. The Morgan fingerprint density at radius 3 is 2.83 bits per heavy atom. The number of carbonyl (C=O) groups excluding carboxylic acids is 1. The third kappa shape index (κ3) is 3.94. The first-order chi connectivity index (χ1) is 11.1. The zero-order valence-electron chi connectivity index (χ0n) is 12.7. The molecule has 2 aromatic rings. The summed E-state index contributed by atoms with van der Waals surface area (Å²) in [7, 11) is 0. The lowest BCUT2D eigenvalue weighted by atomic mass is 10.1. The Morgan fingerprint density at radius 2 is 2.13 bits per heavy atom. The van der Waals surface area contributed by atoms with Gasteiger partial charge in [0.25, 0.3) is 5.91 Å². The predicted molar refractivity (Wildman–Crippen MR) is 96.0 cm³/mol. The van der Waals surface area contributed by atoms with Gasteiger partial charge < -0.3 is 10.4 Å². The first-order valence-corrected chi connectivity index (χ1v) is 9.36. The van der Waals surface area contributed by atoms with Crippen molar-refractivity contribution in [2.75, 3.05) is 19.6 Å². The molecule has 0 radical (unpaired) electrons. The van der Waals surface area contributed by atoms with E-state index in [2.05, 4.69) is 37.6 Å². The van der Waals surface area contributed by atoms with Crippen molar-refractivity contribution in [2.45, 2.75) is 18.9 Å². The van der Waals surface area contributed by atoms with E-state index in [1.165, 1.54) is 23.8 Å². The molecule has 1 aromatic carbocycles. The summed E-state index contributed by atoms with van der Waals surface area (Å²) >= 11 is 5.05. The Morgan fingerprint density at radius 1 is 1.35 bits per heavy atom. The number of amides is 1. The lowest BCUT2D eigenvalue weighted by molar-refractivity contribution is 0.0935. The lowest BCUT2D eigenvalue weighted by Crippen LogP contribution is -2.36. The second-order valence-corrected chi connectivity index (χ2v) is 7.54. The molecule has 0 saturated carbocycles. The van der Waals surface area contributed by atoms with Crippen molar-refractivity contribution in [2.24, 2.45) is 0 Å². The fraction of sp³-hybridized carbons (Fsp3) is 0.353. The van der Waals surface area contributed by atoms with Gasteiger partial charge in [0, 0.05) is 15.9 Å². The summed E-state index contributed by atoms with van der Waals surface area (Å²) in [6.07, 6.45) is 2.42. The number of phenolic OH excluding ortho intramolecular Hbond substituents is 1. The van der Waals surface area contributed by atoms with E-state index in [9.17, 15) is 9.90 Å². The minimum atomic E-state index is -0.246. The number of thiophene rings is 1. The molecule has 0 aliphatic carbocycles. The van der Waals surface area contributed by atoms with Crippen molar-refractivity contribution in [3.05, 3.63) is 50.6 Å². The SMILES string of the molecule is O=C(NCC(c1cccs1)N1CCCC1)c1cc(Br)ccc1O. The Bertz CT molecular complexity index is 669. The summed E-state index contributed by atoms with van der Waals surface area (Å²) in [6.45, 7) is 2.69. The van der Waals surface area contributed by atoms with Crippen LogP contribution < -0.4 is 5.32 Å². The second kappa shape index (κ2) is 7.47. The number of hydrogen-bond donors (Lipinski definition) is 2. The van der Waals surface area contributed by atoms with Crippen molar-refractivity contribution in [3.8, 4) is 5.75 Å². The Kier molecular flexibility index (Phi) is 5.35. The maximum absolute atomic E-state index is 12.4. The van der Waals surface area contributed by atoms with Gasteiger partial charge in [0.2, 0.25) is 0 Å². The summed E-state index contributed by atoms with van der Waals surface area (Å²) in [6, 6.07) is 9.25. The molecule has 0 spiro atoms. The van der Waals surface area contributed by atoms with Gasteiger partial charge in [-0.1, -0.05) is 22.0 Å². The second-order valence-electron chi connectivity index (χ2n) is 5.65. The molecule has 1 unspecified atom stereocenters. The van der Waals surface area contributed by atoms with Crippen molar-refractivity contribution < 1.29 is 9.90 Å². The maximum Gasteiger partial charge on any atom is 0.255 e. The molecule has 2 N–H and O–H groups in total. The Hall–Kier alpha value is -1.37. The van der Waals surface area contributed by atoms with Crippen LogP contribution in [0.1, 0.15) is 34.1 Å². The van der Waals surface area contributed by atoms with Crippen LogP contribution in [0, 0.1) is 0 Å². The van der Waals surface area contributed by atoms with Gasteiger partial charge in [-0.3, -0.25) is 9.69 Å². The lowest BCUT2D eigenvalue weighted by Gasteiger charge is -2.27. The largest absolute Gasteiger partial charge is 0.507 e. The van der Waals surface area contributed by atoms with E-state index in [4.69, 9.17) is 0 Å². The summed E-state index contributed by atoms with van der Waals surface area (Å²) in [5.74, 6) is -0.246. The minimum absolute atomic E-state index is 0.000420. The summed E-state index contributed by atoms with van der Waals surface area (Å²) < 4.78 is 0.773. The molecule has 1 amide bonds. The van der Waals surface area contributed by atoms with E-state index in [-0.39, 0.29) is 17.7 Å². The quantitative estimate of drug-likeness (QED) is 0.810. The zero-order chi connectivity index (χ0) is 16.2. The summed E-state index contributed by atoms with van der Waals surface area (Å²) in [4.78, 5) is 16.1. The molecule has 1 aliphatic rings. The van der Waals surface area contributed by atoms with Crippen molar-refractivity contribution >= 4 is 33.2 Å². The van der Waals surface area contributed by atoms with Gasteiger partial charge in [-0.25, -0.2) is 0 Å². The number of phenols is 1. The summed E-state index contributed by atoms with van der Waals surface area (Å²) in [5.41, 5.74) is 0.297.